The maximum atomic E-state index is 2.23. The fraction of sp³-hybridized carbons (Fsp3) is 0.400. The topological polar surface area (TPSA) is 0 Å². The van der Waals surface area contributed by atoms with Gasteiger partial charge in [0.05, 0.1) is 0 Å². The molecule has 0 fully saturated rings. The second kappa shape index (κ2) is 5.32. The lowest BCUT2D eigenvalue weighted by Gasteiger charge is -1.97. The van der Waals surface area contributed by atoms with E-state index in [1.807, 2.05) is 0 Å². The second-order valence-corrected chi connectivity index (χ2v) is 4.03. The summed E-state index contributed by atoms with van der Waals surface area (Å²) in [6.07, 6.45) is 3.82. The van der Waals surface area contributed by atoms with Gasteiger partial charge in [0.1, 0.15) is 0 Å². The molecule has 0 unspecified atom stereocenters. The molecule has 1 aromatic rings. The minimum Gasteiger partial charge on any atom is -0.0809 e. The van der Waals surface area contributed by atoms with Gasteiger partial charge in [-0.1, -0.05) is 45.8 Å². The summed E-state index contributed by atoms with van der Waals surface area (Å²) in [6.45, 7) is 2.23. The molecule has 0 nitrogen and oxygen atoms in total. The summed E-state index contributed by atoms with van der Waals surface area (Å²) in [5.41, 5.74) is 1.47. The van der Waals surface area contributed by atoms with Gasteiger partial charge < -0.3 is 0 Å². The van der Waals surface area contributed by atoms with E-state index in [2.05, 4.69) is 37.3 Å². The molecule has 0 aliphatic heterocycles. The monoisotopic (exact) mass is 165 g/mol. The minimum atomic E-state index is 1.23. The van der Waals surface area contributed by atoms with Crippen molar-refractivity contribution in [3.05, 3.63) is 35.9 Å². The molecule has 0 amide bonds. The van der Waals surface area contributed by atoms with Crippen molar-refractivity contribution in [2.75, 3.05) is 12.3 Å². The molecule has 59 valence electrons. The zero-order chi connectivity index (χ0) is 7.94. The van der Waals surface area contributed by atoms with Gasteiger partial charge in [-0.25, -0.2) is 0 Å². The van der Waals surface area contributed by atoms with Crippen LogP contribution < -0.4 is 0 Å². The first-order valence-electron chi connectivity index (χ1n) is 4.10. The van der Waals surface area contributed by atoms with Crippen LogP contribution in [0.25, 0.3) is 0 Å². The summed E-state index contributed by atoms with van der Waals surface area (Å²) in [6, 6.07) is 10.7. The fourth-order valence-corrected chi connectivity index (χ4v) is 1.74. The molecule has 1 rings (SSSR count). The highest BCUT2D eigenvalue weighted by atomic mass is 31.1. The molecule has 0 aliphatic rings. The van der Waals surface area contributed by atoms with Crippen LogP contribution in [-0.2, 0) is 6.42 Å². The molecule has 0 aliphatic carbocycles. The van der Waals surface area contributed by atoms with Gasteiger partial charge in [0.15, 0.2) is 0 Å². The number of hydrogen-bond donors (Lipinski definition) is 0. The van der Waals surface area contributed by atoms with Crippen LogP contribution in [0.1, 0.15) is 12.5 Å². The first kappa shape index (κ1) is 8.74. The Kier molecular flexibility index (Phi) is 4.23. The van der Waals surface area contributed by atoms with Crippen LogP contribution in [0.3, 0.4) is 0 Å². The molecular weight excluding hydrogens is 151 g/mol. The van der Waals surface area contributed by atoms with Gasteiger partial charge in [0.25, 0.3) is 0 Å². The second-order valence-electron chi connectivity index (χ2n) is 2.50. The fourth-order valence-electron chi connectivity index (χ4n) is 1.01. The number of hydrogen-bond acceptors (Lipinski definition) is 0. The van der Waals surface area contributed by atoms with Gasteiger partial charge in [-0.3, -0.25) is 0 Å². The van der Waals surface area contributed by atoms with Gasteiger partial charge in [-0.05, 0) is 24.3 Å². The number of rotatable bonds is 4. The van der Waals surface area contributed by atoms with Crippen molar-refractivity contribution in [1.29, 1.82) is 0 Å². The molecule has 1 radical (unpaired) electrons. The third-order valence-electron chi connectivity index (χ3n) is 1.63. The van der Waals surface area contributed by atoms with E-state index in [1.165, 1.54) is 24.3 Å². The van der Waals surface area contributed by atoms with Gasteiger partial charge in [0, 0.05) is 0 Å². The van der Waals surface area contributed by atoms with Gasteiger partial charge in [0.2, 0.25) is 0 Å². The summed E-state index contributed by atoms with van der Waals surface area (Å²) in [5.74, 6) is 0. The molecule has 0 saturated carbocycles. The summed E-state index contributed by atoms with van der Waals surface area (Å²) in [5, 5.41) is 0. The SMILES string of the molecule is CC[P]CCc1ccccc1. The van der Waals surface area contributed by atoms with Crippen LogP contribution in [0.4, 0.5) is 0 Å². The Morgan fingerprint density at radius 2 is 1.91 bits per heavy atom. The largest absolute Gasteiger partial charge is 0.0809 e. The Morgan fingerprint density at radius 3 is 2.55 bits per heavy atom. The van der Waals surface area contributed by atoms with E-state index >= 15 is 0 Å². The highest BCUT2D eigenvalue weighted by Gasteiger charge is 1.89. The van der Waals surface area contributed by atoms with E-state index in [-0.39, 0.29) is 0 Å². The number of benzene rings is 1. The van der Waals surface area contributed by atoms with Crippen LogP contribution >= 0.6 is 8.58 Å². The molecule has 0 aromatic heterocycles. The predicted molar refractivity (Wildman–Crippen MR) is 52.5 cm³/mol. The van der Waals surface area contributed by atoms with Crippen molar-refractivity contribution in [1.82, 2.24) is 0 Å². The molecule has 1 aromatic carbocycles. The zero-order valence-corrected chi connectivity index (χ0v) is 7.85. The molecule has 0 N–H and O–H groups in total. The van der Waals surface area contributed by atoms with E-state index in [0.717, 1.165) is 0 Å². The van der Waals surface area contributed by atoms with Gasteiger partial charge in [-0.2, -0.15) is 0 Å². The first-order chi connectivity index (χ1) is 5.43. The summed E-state index contributed by atoms with van der Waals surface area (Å²) >= 11 is 0. The maximum absolute atomic E-state index is 2.23. The van der Waals surface area contributed by atoms with Crippen LogP contribution in [0, 0.1) is 0 Å². The Labute approximate surface area is 70.8 Å². The quantitative estimate of drug-likeness (QED) is 0.474. The smallest absolute Gasteiger partial charge is 0.0236 e. The molecule has 1 heteroatoms. The summed E-state index contributed by atoms with van der Waals surface area (Å²) < 4.78 is 0. The van der Waals surface area contributed by atoms with Crippen LogP contribution in [0.15, 0.2) is 30.3 Å². The predicted octanol–water partition coefficient (Wildman–Crippen LogP) is 3.20. The highest BCUT2D eigenvalue weighted by molar-refractivity contribution is 7.37. The standard InChI is InChI=1S/C10H14P/c1-2-11-9-8-10-6-4-3-5-7-10/h3-7H,2,8-9H2,1H3. The first-order valence-corrected chi connectivity index (χ1v) is 5.37. The van der Waals surface area contributed by atoms with Crippen molar-refractivity contribution in [2.24, 2.45) is 0 Å². The van der Waals surface area contributed by atoms with E-state index < -0.39 is 0 Å². The Bertz CT molecular complexity index is 181. The summed E-state index contributed by atoms with van der Waals surface area (Å²) in [4.78, 5) is 0. The van der Waals surface area contributed by atoms with Crippen LogP contribution in [-0.4, -0.2) is 12.3 Å². The van der Waals surface area contributed by atoms with Crippen molar-refractivity contribution in [3.63, 3.8) is 0 Å². The lowest BCUT2D eigenvalue weighted by atomic mass is 10.2. The molecule has 0 bridgehead atoms. The highest BCUT2D eigenvalue weighted by Crippen LogP contribution is 2.11. The maximum Gasteiger partial charge on any atom is -0.0236 e. The van der Waals surface area contributed by atoms with Crippen molar-refractivity contribution < 1.29 is 0 Å². The van der Waals surface area contributed by atoms with E-state index in [9.17, 15) is 0 Å². The van der Waals surface area contributed by atoms with Crippen molar-refractivity contribution in [2.45, 2.75) is 13.3 Å². The number of aryl methyl sites for hydroxylation is 1. The zero-order valence-electron chi connectivity index (χ0n) is 6.96. The molecule has 0 spiro atoms. The molecule has 0 saturated heterocycles. The molecule has 11 heavy (non-hydrogen) atoms. The Hall–Kier alpha value is -0.350. The minimum absolute atomic E-state index is 1.23. The Balaban J connectivity index is 2.28. The van der Waals surface area contributed by atoms with Gasteiger partial charge >= 0.3 is 0 Å². The van der Waals surface area contributed by atoms with Crippen LogP contribution in [0.5, 0.6) is 0 Å². The average molecular weight is 165 g/mol. The normalized spacial score (nSPS) is 11.0. The van der Waals surface area contributed by atoms with E-state index in [1.54, 1.807) is 8.58 Å². The van der Waals surface area contributed by atoms with E-state index in [4.69, 9.17) is 0 Å². The molecule has 0 atom stereocenters. The Morgan fingerprint density at radius 1 is 1.18 bits per heavy atom. The van der Waals surface area contributed by atoms with Crippen molar-refractivity contribution in [3.8, 4) is 0 Å². The van der Waals surface area contributed by atoms with E-state index in [0.29, 0.717) is 0 Å². The van der Waals surface area contributed by atoms with Gasteiger partial charge in [-0.15, -0.1) is 0 Å². The summed E-state index contributed by atoms with van der Waals surface area (Å²) in [7, 11) is 1.57. The lowest BCUT2D eigenvalue weighted by Crippen LogP contribution is -1.85. The molecule has 0 heterocycles. The third-order valence-corrected chi connectivity index (χ3v) is 2.61. The van der Waals surface area contributed by atoms with Crippen LogP contribution in [0.2, 0.25) is 0 Å². The third kappa shape index (κ3) is 3.53. The van der Waals surface area contributed by atoms with Crippen molar-refractivity contribution >= 4 is 8.58 Å². The molecular formula is C10H14P. The lowest BCUT2D eigenvalue weighted by molar-refractivity contribution is 1.15. The average Bonchev–Trinajstić information content (AvgIpc) is 2.07.